The minimum atomic E-state index is -0.644. The average molecular weight is 394 g/mol. The fraction of sp³-hybridized carbons (Fsp3) is 0.250. The molecular weight excluding hydrogens is 372 g/mol. The zero-order valence-electron chi connectivity index (χ0n) is 16.4. The topological polar surface area (TPSA) is 128 Å². The van der Waals surface area contributed by atoms with Crippen molar-refractivity contribution in [2.45, 2.75) is 33.0 Å². The van der Waals surface area contributed by atoms with E-state index in [1.807, 2.05) is 30.3 Å². The van der Waals surface area contributed by atoms with Gasteiger partial charge in [0.25, 0.3) is 0 Å². The summed E-state index contributed by atoms with van der Waals surface area (Å²) in [5.41, 5.74) is 15.3. The number of carbonyl (C=O) groups excluding carboxylic acids is 1. The van der Waals surface area contributed by atoms with Gasteiger partial charge in [-0.1, -0.05) is 30.3 Å². The maximum atomic E-state index is 12.2. The number of nitrogens with one attached hydrogen (secondary N) is 1. The van der Waals surface area contributed by atoms with Crippen LogP contribution in [-0.4, -0.2) is 26.5 Å². The number of ether oxygens (including phenoxy) is 2. The molecule has 150 valence electrons. The highest BCUT2D eigenvalue weighted by atomic mass is 16.6. The Hall–Kier alpha value is -3.75. The number of carbonyl (C=O) groups is 1. The predicted molar refractivity (Wildman–Crippen MR) is 107 cm³/mol. The first-order valence-corrected chi connectivity index (χ1v) is 8.89. The fourth-order valence-corrected chi connectivity index (χ4v) is 2.54. The van der Waals surface area contributed by atoms with Crippen LogP contribution in [0, 0.1) is 5.53 Å². The van der Waals surface area contributed by atoms with Crippen molar-refractivity contribution in [2.24, 2.45) is 5.11 Å². The summed E-state index contributed by atoms with van der Waals surface area (Å²) < 4.78 is 12.0. The van der Waals surface area contributed by atoms with Crippen LogP contribution in [0.15, 0.2) is 54.0 Å². The van der Waals surface area contributed by atoms with Crippen molar-refractivity contribution in [3.8, 4) is 17.0 Å². The molecule has 0 bridgehead atoms. The smallest absolute Gasteiger partial charge is 0.435 e. The van der Waals surface area contributed by atoms with E-state index in [1.165, 1.54) is 18.6 Å². The van der Waals surface area contributed by atoms with Gasteiger partial charge in [0, 0.05) is 23.5 Å². The van der Waals surface area contributed by atoms with E-state index >= 15 is 0 Å². The Morgan fingerprint density at radius 1 is 1.24 bits per heavy atom. The Morgan fingerprint density at radius 2 is 1.97 bits per heavy atom. The molecule has 0 saturated heterocycles. The van der Waals surface area contributed by atoms with E-state index in [1.54, 1.807) is 20.8 Å². The van der Waals surface area contributed by atoms with E-state index in [-0.39, 0.29) is 23.9 Å². The predicted octanol–water partition coefficient (Wildman–Crippen LogP) is 4.55. The second kappa shape index (κ2) is 8.09. The Morgan fingerprint density at radius 3 is 2.62 bits per heavy atom. The fourth-order valence-electron chi connectivity index (χ4n) is 2.54. The van der Waals surface area contributed by atoms with Gasteiger partial charge >= 0.3 is 6.09 Å². The summed E-state index contributed by atoms with van der Waals surface area (Å²) in [5.74, 6) is 0.183. The van der Waals surface area contributed by atoms with Gasteiger partial charge in [-0.2, -0.15) is 14.9 Å². The highest BCUT2D eigenvalue weighted by molar-refractivity contribution is 5.85. The number of aromatic nitrogens is 3. The summed E-state index contributed by atoms with van der Waals surface area (Å²) in [7, 11) is 0. The van der Waals surface area contributed by atoms with Crippen molar-refractivity contribution >= 4 is 17.5 Å². The molecule has 29 heavy (non-hydrogen) atoms. The summed E-state index contributed by atoms with van der Waals surface area (Å²) >= 11 is 0. The minimum absolute atomic E-state index is 0.137. The maximum absolute atomic E-state index is 12.2. The lowest BCUT2D eigenvalue weighted by atomic mass is 10.1. The summed E-state index contributed by atoms with van der Waals surface area (Å²) in [6.45, 7) is 5.59. The lowest BCUT2D eigenvalue weighted by Crippen LogP contribution is -2.27. The van der Waals surface area contributed by atoms with E-state index in [0.29, 0.717) is 11.1 Å². The summed E-state index contributed by atoms with van der Waals surface area (Å²) in [4.78, 5) is 16.4. The standard InChI is InChI=1S/C20H22N6O3/c1-20(2,3)29-19(27)26-11-14(9-24-26)15-10-23-18(16(21)17(15)25-22)28-12-13-7-5-4-6-8-13/h4-11,22H,12,21H2,1-3H3. The van der Waals surface area contributed by atoms with Crippen LogP contribution in [0.1, 0.15) is 26.3 Å². The van der Waals surface area contributed by atoms with Gasteiger partial charge in [0.1, 0.15) is 23.6 Å². The van der Waals surface area contributed by atoms with Crippen molar-refractivity contribution in [2.75, 3.05) is 5.73 Å². The molecule has 0 amide bonds. The zero-order chi connectivity index (χ0) is 21.0. The number of hydrogen-bond donors (Lipinski definition) is 2. The Labute approximate surface area is 168 Å². The van der Waals surface area contributed by atoms with Gasteiger partial charge in [0.05, 0.1) is 6.20 Å². The average Bonchev–Trinajstić information content (AvgIpc) is 3.16. The molecule has 3 rings (SSSR count). The molecule has 2 aromatic heterocycles. The Bertz CT molecular complexity index is 1020. The third-order valence-electron chi connectivity index (χ3n) is 3.86. The minimum Gasteiger partial charge on any atom is -0.471 e. The summed E-state index contributed by atoms with van der Waals surface area (Å²) in [5, 5.41) is 7.55. The summed E-state index contributed by atoms with van der Waals surface area (Å²) in [6.07, 6.45) is 3.81. The van der Waals surface area contributed by atoms with Crippen LogP contribution in [0.5, 0.6) is 5.88 Å². The number of nitrogens with two attached hydrogens (primary N) is 1. The number of rotatable bonds is 5. The van der Waals surface area contributed by atoms with Crippen LogP contribution in [0.25, 0.3) is 11.1 Å². The third kappa shape index (κ3) is 4.75. The molecule has 9 heteroatoms. The number of nitrogens with zero attached hydrogens (tertiary/aromatic N) is 4. The van der Waals surface area contributed by atoms with Gasteiger partial charge in [0.2, 0.25) is 5.88 Å². The number of nitrogen functional groups attached to an aromatic ring is 1. The van der Waals surface area contributed by atoms with Crippen LogP contribution in [0.3, 0.4) is 0 Å². The Kier molecular flexibility index (Phi) is 5.58. The molecular formula is C20H22N6O3. The van der Waals surface area contributed by atoms with Gasteiger partial charge < -0.3 is 15.2 Å². The summed E-state index contributed by atoms with van der Waals surface area (Å²) in [6, 6.07) is 9.58. The van der Waals surface area contributed by atoms with Crippen LogP contribution in [0.2, 0.25) is 0 Å². The number of hydrogen-bond acceptors (Lipinski definition) is 8. The molecule has 0 unspecified atom stereocenters. The molecule has 0 aliphatic heterocycles. The molecule has 3 aromatic rings. The van der Waals surface area contributed by atoms with E-state index in [0.717, 1.165) is 10.2 Å². The number of pyridine rings is 1. The lowest BCUT2D eigenvalue weighted by Gasteiger charge is -2.18. The van der Waals surface area contributed by atoms with E-state index in [9.17, 15) is 4.79 Å². The molecule has 0 atom stereocenters. The van der Waals surface area contributed by atoms with Gasteiger partial charge in [-0.25, -0.2) is 15.3 Å². The monoisotopic (exact) mass is 394 g/mol. The van der Waals surface area contributed by atoms with Crippen LogP contribution >= 0.6 is 0 Å². The first-order chi connectivity index (χ1) is 13.8. The maximum Gasteiger partial charge on any atom is 0.435 e. The molecule has 3 N–H and O–H groups in total. The van der Waals surface area contributed by atoms with Crippen molar-refractivity contribution in [1.82, 2.24) is 14.8 Å². The molecule has 1 aromatic carbocycles. The van der Waals surface area contributed by atoms with E-state index in [4.69, 9.17) is 20.7 Å². The third-order valence-corrected chi connectivity index (χ3v) is 3.86. The van der Waals surface area contributed by atoms with E-state index < -0.39 is 11.7 Å². The van der Waals surface area contributed by atoms with Crippen molar-refractivity contribution in [1.29, 1.82) is 5.53 Å². The second-order valence-corrected chi connectivity index (χ2v) is 7.28. The van der Waals surface area contributed by atoms with Gasteiger partial charge in [0.15, 0.2) is 0 Å². The first-order valence-electron chi connectivity index (χ1n) is 8.89. The van der Waals surface area contributed by atoms with Crippen LogP contribution in [0.4, 0.5) is 16.2 Å². The lowest BCUT2D eigenvalue weighted by molar-refractivity contribution is 0.0514. The first kappa shape index (κ1) is 20.0. The van der Waals surface area contributed by atoms with Gasteiger partial charge in [-0.3, -0.25) is 0 Å². The number of benzene rings is 1. The largest absolute Gasteiger partial charge is 0.471 e. The highest BCUT2D eigenvalue weighted by Gasteiger charge is 2.21. The van der Waals surface area contributed by atoms with Crippen molar-refractivity contribution < 1.29 is 14.3 Å². The van der Waals surface area contributed by atoms with Crippen molar-refractivity contribution in [3.63, 3.8) is 0 Å². The molecule has 9 nitrogen and oxygen atoms in total. The molecule has 0 aliphatic carbocycles. The van der Waals surface area contributed by atoms with Crippen LogP contribution < -0.4 is 10.5 Å². The van der Waals surface area contributed by atoms with Gasteiger partial charge in [-0.05, 0) is 26.3 Å². The highest BCUT2D eigenvalue weighted by Crippen LogP contribution is 2.39. The second-order valence-electron chi connectivity index (χ2n) is 7.28. The Balaban J connectivity index is 1.84. The molecule has 2 heterocycles. The quantitative estimate of drug-likeness (QED) is 0.611. The number of anilines is 1. The molecule has 0 fully saturated rings. The molecule has 0 radical (unpaired) electrons. The van der Waals surface area contributed by atoms with Gasteiger partial charge in [-0.15, -0.1) is 0 Å². The SMILES string of the molecule is CC(C)(C)OC(=O)n1cc(-c2cnc(OCc3ccccc3)c(N)c2N=N)cn1. The molecule has 0 saturated carbocycles. The zero-order valence-corrected chi connectivity index (χ0v) is 16.4. The van der Waals surface area contributed by atoms with Crippen molar-refractivity contribution in [3.05, 3.63) is 54.5 Å². The van der Waals surface area contributed by atoms with E-state index in [2.05, 4.69) is 15.2 Å². The molecule has 0 spiro atoms. The molecule has 0 aliphatic rings. The normalized spacial score (nSPS) is 11.1. The van der Waals surface area contributed by atoms with Crippen LogP contribution in [-0.2, 0) is 11.3 Å².